The first-order valence-corrected chi connectivity index (χ1v) is 8.89. The van der Waals surface area contributed by atoms with Gasteiger partial charge < -0.3 is 10.1 Å². The van der Waals surface area contributed by atoms with Crippen LogP contribution in [0.5, 0.6) is 0 Å². The molecule has 0 radical (unpaired) electrons. The average Bonchev–Trinajstić information content (AvgIpc) is 2.52. The van der Waals surface area contributed by atoms with Crippen molar-refractivity contribution < 1.29 is 17.9 Å². The zero-order valence-electron chi connectivity index (χ0n) is 12.9. The molecule has 23 heavy (non-hydrogen) atoms. The first kappa shape index (κ1) is 19.0. The van der Waals surface area contributed by atoms with Gasteiger partial charge in [-0.1, -0.05) is 29.4 Å². The summed E-state index contributed by atoms with van der Waals surface area (Å²) < 4.78 is 27.9. The first-order chi connectivity index (χ1) is 11.0. The molecule has 0 aliphatic rings. The van der Waals surface area contributed by atoms with Crippen LogP contribution in [0.25, 0.3) is 10.4 Å². The summed E-state index contributed by atoms with van der Waals surface area (Å²) in [6, 6.07) is 7.01. The van der Waals surface area contributed by atoms with Crippen molar-refractivity contribution in [1.29, 1.82) is 0 Å². The Bertz CT molecular complexity index is 669. The van der Waals surface area contributed by atoms with Gasteiger partial charge in [0.1, 0.15) is 0 Å². The fourth-order valence-electron chi connectivity index (χ4n) is 1.86. The smallest absolute Gasteiger partial charge is 0.220 e. The molecule has 0 aliphatic heterocycles. The van der Waals surface area contributed by atoms with E-state index in [1.807, 2.05) is 0 Å². The van der Waals surface area contributed by atoms with Crippen molar-refractivity contribution in [2.75, 3.05) is 31.8 Å². The summed E-state index contributed by atoms with van der Waals surface area (Å²) >= 11 is 0. The SMILES string of the molecule is COCCS(=O)(=O)CCNC(=O)CCc1ccccc1N=[N+]=[N-]. The van der Waals surface area contributed by atoms with Crippen LogP contribution in [0, 0.1) is 0 Å². The molecule has 0 fully saturated rings. The van der Waals surface area contributed by atoms with Crippen molar-refractivity contribution in [3.63, 3.8) is 0 Å². The van der Waals surface area contributed by atoms with E-state index in [9.17, 15) is 13.2 Å². The molecule has 1 rings (SSSR count). The normalized spacial score (nSPS) is 10.8. The molecule has 1 aromatic rings. The molecule has 0 heterocycles. The number of carbonyl (C=O) groups excluding carboxylic acids is 1. The number of sulfone groups is 1. The van der Waals surface area contributed by atoms with Gasteiger partial charge in [-0.15, -0.1) is 0 Å². The number of aryl methyl sites for hydroxylation is 1. The second kappa shape index (κ2) is 9.83. The van der Waals surface area contributed by atoms with Crippen LogP contribution in [0.1, 0.15) is 12.0 Å². The number of rotatable bonds is 10. The molecule has 0 atom stereocenters. The van der Waals surface area contributed by atoms with Crippen LogP contribution < -0.4 is 5.32 Å². The number of amides is 1. The third-order valence-electron chi connectivity index (χ3n) is 3.10. The lowest BCUT2D eigenvalue weighted by Crippen LogP contribution is -2.30. The van der Waals surface area contributed by atoms with E-state index in [0.29, 0.717) is 12.1 Å². The van der Waals surface area contributed by atoms with Gasteiger partial charge in [0.2, 0.25) is 5.91 Å². The Morgan fingerprint density at radius 3 is 2.78 bits per heavy atom. The minimum Gasteiger partial charge on any atom is -0.384 e. The lowest BCUT2D eigenvalue weighted by molar-refractivity contribution is -0.120. The van der Waals surface area contributed by atoms with E-state index in [4.69, 9.17) is 10.3 Å². The predicted octanol–water partition coefficient (Wildman–Crippen LogP) is 1.74. The van der Waals surface area contributed by atoms with E-state index in [2.05, 4.69) is 15.3 Å². The minimum atomic E-state index is -3.22. The van der Waals surface area contributed by atoms with Crippen molar-refractivity contribution >= 4 is 21.4 Å². The van der Waals surface area contributed by atoms with Gasteiger partial charge in [0.15, 0.2) is 9.84 Å². The molecule has 126 valence electrons. The number of nitrogens with one attached hydrogen (secondary N) is 1. The lowest BCUT2D eigenvalue weighted by Gasteiger charge is -2.07. The maximum absolute atomic E-state index is 11.8. The molecule has 1 amide bonds. The number of methoxy groups -OCH3 is 1. The van der Waals surface area contributed by atoms with Gasteiger partial charge in [0, 0.05) is 30.7 Å². The van der Waals surface area contributed by atoms with Gasteiger partial charge in [0.05, 0.1) is 18.1 Å². The molecule has 0 aromatic heterocycles. The van der Waals surface area contributed by atoms with Crippen LogP contribution in [0.2, 0.25) is 0 Å². The molecule has 0 unspecified atom stereocenters. The summed E-state index contributed by atoms with van der Waals surface area (Å²) in [6.45, 7) is 0.218. The Kier molecular flexibility index (Phi) is 8.10. The molecule has 1 N–H and O–H groups in total. The molecular weight excluding hydrogens is 320 g/mol. The second-order valence-electron chi connectivity index (χ2n) is 4.81. The summed E-state index contributed by atoms with van der Waals surface area (Å²) in [5, 5.41) is 6.14. The summed E-state index contributed by atoms with van der Waals surface area (Å²) in [5.74, 6) is -0.418. The molecule has 1 aromatic carbocycles. The largest absolute Gasteiger partial charge is 0.384 e. The van der Waals surface area contributed by atoms with Crippen LogP contribution >= 0.6 is 0 Å². The molecule has 0 saturated heterocycles. The molecular formula is C14H20N4O4S. The maximum Gasteiger partial charge on any atom is 0.220 e. The number of hydrogen-bond acceptors (Lipinski definition) is 5. The van der Waals surface area contributed by atoms with Gasteiger partial charge in [-0.05, 0) is 17.5 Å². The number of ether oxygens (including phenoxy) is 1. The van der Waals surface area contributed by atoms with E-state index < -0.39 is 9.84 Å². The van der Waals surface area contributed by atoms with E-state index in [0.717, 1.165) is 5.56 Å². The number of hydrogen-bond donors (Lipinski definition) is 1. The first-order valence-electron chi connectivity index (χ1n) is 7.07. The average molecular weight is 340 g/mol. The van der Waals surface area contributed by atoms with Crippen LogP contribution in [-0.4, -0.2) is 46.1 Å². The summed E-state index contributed by atoms with van der Waals surface area (Å²) in [4.78, 5) is 14.5. The van der Waals surface area contributed by atoms with E-state index in [-0.39, 0.29) is 37.0 Å². The lowest BCUT2D eigenvalue weighted by atomic mass is 10.1. The summed E-state index contributed by atoms with van der Waals surface area (Å²) in [5.41, 5.74) is 9.75. The quantitative estimate of drug-likeness (QED) is 0.396. The Balaban J connectivity index is 2.39. The molecule has 0 saturated carbocycles. The summed E-state index contributed by atoms with van der Waals surface area (Å²) in [6.07, 6.45) is 0.605. The Morgan fingerprint density at radius 2 is 2.09 bits per heavy atom. The predicted molar refractivity (Wildman–Crippen MR) is 87.1 cm³/mol. The highest BCUT2D eigenvalue weighted by Crippen LogP contribution is 2.20. The van der Waals surface area contributed by atoms with Crippen molar-refractivity contribution in [1.82, 2.24) is 5.32 Å². The minimum absolute atomic E-state index is 0.0566. The molecule has 0 bridgehead atoms. The van der Waals surface area contributed by atoms with E-state index in [1.165, 1.54) is 7.11 Å². The van der Waals surface area contributed by atoms with Crippen LogP contribution in [0.4, 0.5) is 5.69 Å². The van der Waals surface area contributed by atoms with Crippen LogP contribution in [0.3, 0.4) is 0 Å². The number of nitrogens with zero attached hydrogens (tertiary/aromatic N) is 3. The second-order valence-corrected chi connectivity index (χ2v) is 7.12. The van der Waals surface area contributed by atoms with Crippen LogP contribution in [-0.2, 0) is 25.8 Å². The van der Waals surface area contributed by atoms with Crippen molar-refractivity contribution in [3.8, 4) is 0 Å². The highest BCUT2D eigenvalue weighted by molar-refractivity contribution is 7.91. The van der Waals surface area contributed by atoms with Crippen LogP contribution in [0.15, 0.2) is 29.4 Å². The molecule has 0 spiro atoms. The fraction of sp³-hybridized carbons (Fsp3) is 0.500. The maximum atomic E-state index is 11.8. The van der Waals surface area contributed by atoms with Gasteiger partial charge in [-0.3, -0.25) is 4.79 Å². The Morgan fingerprint density at radius 1 is 1.35 bits per heavy atom. The van der Waals surface area contributed by atoms with E-state index in [1.54, 1.807) is 24.3 Å². The third-order valence-corrected chi connectivity index (χ3v) is 4.71. The van der Waals surface area contributed by atoms with Gasteiger partial charge in [-0.25, -0.2) is 8.42 Å². The topological polar surface area (TPSA) is 121 Å². The van der Waals surface area contributed by atoms with E-state index >= 15 is 0 Å². The number of benzene rings is 1. The molecule has 0 aliphatic carbocycles. The molecule has 8 nitrogen and oxygen atoms in total. The summed E-state index contributed by atoms with van der Waals surface area (Å²) in [7, 11) is -1.78. The van der Waals surface area contributed by atoms with Gasteiger partial charge in [0.25, 0.3) is 0 Å². The van der Waals surface area contributed by atoms with Crippen molar-refractivity contribution in [3.05, 3.63) is 40.3 Å². The zero-order valence-corrected chi connectivity index (χ0v) is 13.8. The van der Waals surface area contributed by atoms with Crippen molar-refractivity contribution in [2.24, 2.45) is 5.11 Å². The Labute approximate surface area is 135 Å². The van der Waals surface area contributed by atoms with Crippen molar-refractivity contribution in [2.45, 2.75) is 12.8 Å². The molecule has 9 heteroatoms. The zero-order chi connectivity index (χ0) is 17.1. The highest BCUT2D eigenvalue weighted by atomic mass is 32.2. The van der Waals surface area contributed by atoms with Gasteiger partial charge >= 0.3 is 0 Å². The standard InChI is InChI=1S/C14H20N4O4S/c1-22-9-11-23(20,21)10-8-16-14(19)7-6-12-4-2-3-5-13(12)17-18-15/h2-5H,6-11H2,1H3,(H,16,19). The van der Waals surface area contributed by atoms with Gasteiger partial charge in [-0.2, -0.15) is 0 Å². The Hall–Kier alpha value is -2.09. The highest BCUT2D eigenvalue weighted by Gasteiger charge is 2.11. The number of carbonyl (C=O) groups is 1. The number of azide groups is 1. The fourth-order valence-corrected chi connectivity index (χ4v) is 2.90. The third kappa shape index (κ3) is 7.64. The monoisotopic (exact) mass is 340 g/mol.